The largest absolute Gasteiger partial charge is 0.309 e. The Bertz CT molecular complexity index is 6530. The molecule has 0 atom stereocenters. The van der Waals surface area contributed by atoms with Gasteiger partial charge in [0.1, 0.15) is 17.5 Å². The molecule has 10 nitrogen and oxygen atoms in total. The molecule has 0 saturated heterocycles. The maximum absolute atomic E-state index is 15.0. The molecule has 0 aliphatic heterocycles. The Kier molecular flexibility index (Phi) is 19.9. The minimum absolute atomic E-state index is 0.839. The predicted molar refractivity (Wildman–Crippen MR) is 486 cm³/mol. The molecular formula is C105H76N9OPSi. The van der Waals surface area contributed by atoms with Crippen molar-refractivity contribution in [3.05, 3.63) is 461 Å². The molecule has 0 N–H and O–H groups in total. The highest BCUT2D eigenvalue weighted by Crippen LogP contribution is 2.43. The van der Waals surface area contributed by atoms with Gasteiger partial charge in [0, 0.05) is 66.2 Å². The summed E-state index contributed by atoms with van der Waals surface area (Å²) in [5, 5.41) is 19.3. The van der Waals surface area contributed by atoms with Crippen LogP contribution in [-0.4, -0.2) is 51.5 Å². The zero-order valence-corrected chi connectivity index (χ0v) is 65.7. The van der Waals surface area contributed by atoms with Crippen molar-refractivity contribution in [2.45, 2.75) is 0 Å². The summed E-state index contributed by atoms with van der Waals surface area (Å²) in [6.07, 6.45) is 0. The average Bonchev–Trinajstić information content (AvgIpc) is 1.74. The van der Waals surface area contributed by atoms with Crippen molar-refractivity contribution < 1.29 is 4.57 Å². The fraction of sp³-hybridized carbons (Fsp3) is 0. The van der Waals surface area contributed by atoms with Gasteiger partial charge in [-0.15, -0.1) is 10.2 Å². The Labute approximate surface area is 679 Å². The van der Waals surface area contributed by atoms with E-state index in [4.69, 9.17) is 15.0 Å². The van der Waals surface area contributed by atoms with Crippen LogP contribution in [0.5, 0.6) is 0 Å². The smallest absolute Gasteiger partial charge is 0.179 e. The van der Waals surface area contributed by atoms with E-state index in [1.807, 2.05) is 133 Å². The van der Waals surface area contributed by atoms with Gasteiger partial charge in [0.05, 0.1) is 38.8 Å². The number of fused-ring (bicyclic) bond motifs is 4. The van der Waals surface area contributed by atoms with E-state index in [2.05, 4.69) is 356 Å². The van der Waals surface area contributed by atoms with E-state index in [1.165, 1.54) is 31.5 Å². The molecule has 0 saturated carbocycles. The van der Waals surface area contributed by atoms with Gasteiger partial charge < -0.3 is 4.57 Å². The second kappa shape index (κ2) is 32.2. The molecule has 0 spiro atoms. The quantitative estimate of drug-likeness (QED) is 0.0543. The van der Waals surface area contributed by atoms with Crippen molar-refractivity contribution in [3.63, 3.8) is 0 Å². The summed E-state index contributed by atoms with van der Waals surface area (Å²) in [6, 6.07) is 159. The zero-order valence-electron chi connectivity index (χ0n) is 63.8. The van der Waals surface area contributed by atoms with Crippen molar-refractivity contribution >= 4 is 95.7 Å². The number of rotatable bonds is 16. The lowest BCUT2D eigenvalue weighted by Crippen LogP contribution is -2.74. The summed E-state index contributed by atoms with van der Waals surface area (Å²) in [7, 11) is -5.68. The molecular weight excluding hydrogens is 1460 g/mol. The normalized spacial score (nSPS) is 11.5. The van der Waals surface area contributed by atoms with Gasteiger partial charge in [-0.05, 0) is 123 Å². The maximum atomic E-state index is 15.0. The van der Waals surface area contributed by atoms with Gasteiger partial charge in [-0.3, -0.25) is 18.3 Å². The van der Waals surface area contributed by atoms with Gasteiger partial charge in [0.15, 0.2) is 26.9 Å². The molecule has 0 amide bonds. The van der Waals surface area contributed by atoms with Crippen LogP contribution in [0.2, 0.25) is 0 Å². The van der Waals surface area contributed by atoms with Crippen molar-refractivity contribution in [2.24, 2.45) is 0 Å². The van der Waals surface area contributed by atoms with Crippen molar-refractivity contribution in [2.75, 3.05) is 0 Å². The first-order chi connectivity index (χ1) is 57.9. The van der Waals surface area contributed by atoms with Crippen LogP contribution in [0.3, 0.4) is 0 Å². The number of hydrogen-bond acceptors (Lipinski definition) is 6. The van der Waals surface area contributed by atoms with Crippen LogP contribution in [0, 0.1) is 0 Å². The molecule has 4 aromatic heterocycles. The highest BCUT2D eigenvalue weighted by Gasteiger charge is 2.42. The Morgan fingerprint density at radius 2 is 0.504 bits per heavy atom. The Morgan fingerprint density at radius 3 is 0.872 bits per heavy atom. The highest BCUT2D eigenvalue weighted by molar-refractivity contribution is 7.85. The molecule has 17 aromatic carbocycles. The summed E-state index contributed by atoms with van der Waals surface area (Å²) in [5.41, 5.74) is 15.1. The van der Waals surface area contributed by atoms with E-state index in [0.717, 1.165) is 129 Å². The van der Waals surface area contributed by atoms with Crippen LogP contribution in [0.4, 0.5) is 0 Å². The molecule has 21 rings (SSSR count). The van der Waals surface area contributed by atoms with E-state index in [-0.39, 0.29) is 0 Å². The zero-order chi connectivity index (χ0) is 78.3. The molecule has 0 bridgehead atoms. The summed E-state index contributed by atoms with van der Waals surface area (Å²) in [4.78, 5) is 15.9. The lowest BCUT2D eigenvalue weighted by atomic mass is 10.0. The molecule has 0 aliphatic rings. The van der Waals surface area contributed by atoms with Gasteiger partial charge in [0.25, 0.3) is 0 Å². The predicted octanol–water partition coefficient (Wildman–Crippen LogP) is 21.2. The molecule has 12 heteroatoms. The maximum Gasteiger partial charge on any atom is 0.179 e. The van der Waals surface area contributed by atoms with Crippen LogP contribution in [0.1, 0.15) is 0 Å². The van der Waals surface area contributed by atoms with Gasteiger partial charge in [0.2, 0.25) is 0 Å². The first kappa shape index (κ1) is 72.3. The first-order valence-corrected chi connectivity index (χ1v) is 42.9. The summed E-state index contributed by atoms with van der Waals surface area (Å²) >= 11 is 0. The molecule has 556 valence electrons. The lowest BCUT2D eigenvalue weighted by molar-refractivity contribution is 0.592. The molecule has 0 radical (unpaired) electrons. The Morgan fingerprint density at radius 1 is 0.222 bits per heavy atom. The fourth-order valence-corrected chi connectivity index (χ4v) is 23.8. The van der Waals surface area contributed by atoms with E-state index in [1.54, 1.807) is 0 Å². The van der Waals surface area contributed by atoms with Crippen molar-refractivity contribution in [3.8, 4) is 79.7 Å². The van der Waals surface area contributed by atoms with Gasteiger partial charge >= 0.3 is 0 Å². The minimum atomic E-state index is -3.05. The number of aromatic nitrogens is 9. The van der Waals surface area contributed by atoms with Crippen molar-refractivity contribution in [1.82, 2.24) is 43.4 Å². The first-order valence-electron chi connectivity index (χ1n) is 39.2. The number of hydrogen-bond donors (Lipinski definition) is 0. The third-order valence-corrected chi connectivity index (χ3v) is 29.6. The summed E-state index contributed by atoms with van der Waals surface area (Å²) in [6.45, 7) is 0. The van der Waals surface area contributed by atoms with Crippen LogP contribution in [0.25, 0.3) is 124 Å². The third kappa shape index (κ3) is 13.8. The average molecular weight is 1540 g/mol. The monoisotopic (exact) mass is 1540 g/mol. The number of imidazole rings is 3. The second-order valence-corrected chi connectivity index (χ2v) is 35.2. The lowest BCUT2D eigenvalue weighted by Gasteiger charge is -2.34. The molecule has 0 unspecified atom stereocenters. The molecule has 4 heterocycles. The minimum Gasteiger partial charge on any atom is -0.309 e. The number of benzene rings is 17. The van der Waals surface area contributed by atoms with E-state index in [0.29, 0.717) is 0 Å². The van der Waals surface area contributed by atoms with E-state index in [9.17, 15) is 0 Å². The van der Waals surface area contributed by atoms with Gasteiger partial charge in [-0.2, -0.15) is 0 Å². The molecule has 0 fully saturated rings. The molecule has 117 heavy (non-hydrogen) atoms. The van der Waals surface area contributed by atoms with Crippen LogP contribution < -0.4 is 36.7 Å². The Hall–Kier alpha value is -15.0. The van der Waals surface area contributed by atoms with Crippen LogP contribution in [-0.2, 0) is 4.57 Å². The number of nitrogens with zero attached hydrogens (tertiary/aromatic N) is 9. The second-order valence-electron chi connectivity index (χ2n) is 28.7. The highest BCUT2D eigenvalue weighted by atomic mass is 31.2. The topological polar surface area (TPSA) is 101 Å². The summed E-state index contributed by atoms with van der Waals surface area (Å²) in [5.74, 6) is 4.21. The van der Waals surface area contributed by atoms with Crippen molar-refractivity contribution in [1.29, 1.82) is 0 Å². The van der Waals surface area contributed by atoms with Gasteiger partial charge in [-0.1, -0.05) is 364 Å². The van der Waals surface area contributed by atoms with E-state index >= 15 is 4.57 Å². The van der Waals surface area contributed by atoms with E-state index < -0.39 is 15.2 Å². The van der Waals surface area contributed by atoms with Crippen LogP contribution >= 0.6 is 7.14 Å². The van der Waals surface area contributed by atoms with Gasteiger partial charge in [-0.25, -0.2) is 15.0 Å². The summed E-state index contributed by atoms with van der Waals surface area (Å²) < 4.78 is 23.9. The standard InChI is InChI=1S/C45H30N6.C36H29OPSi.C24H17N3/c1-4-16-34(17-5-1)49-40-25-13-10-22-37(40)46-43(49)31-28-32(44-47-38-23-11-14-26-41(38)50(44)35-18-6-2-7-19-35)30-33(29-31)45-48-39-24-12-15-27-42(39)51(45)36-20-8-3-9-21-36;37-38(30-16-6-1-7-17-30,31-18-8-2-9-19-31)32-26-28-36(29-27-32)39(33-20-10-3-11-21-33,34-22-12-4-13-23-34)35-24-14-5-15-25-35;1-3-11-19(12-4-1)23-25-26-24(20-13-5-2-6-14-20)27(23)22-17-9-15-18-10-7-8-16-21(18)22/h1-30H;1-29H;1-17H. The Balaban J connectivity index is 0.000000123. The molecule has 0 aliphatic carbocycles. The number of para-hydroxylation sites is 9. The third-order valence-electron chi connectivity index (χ3n) is 21.7. The fourth-order valence-electron chi connectivity index (χ4n) is 16.4. The van der Waals surface area contributed by atoms with Crippen LogP contribution in [0.15, 0.2) is 461 Å². The molecule has 21 aromatic rings. The SMILES string of the molecule is O=P(c1ccccc1)(c1ccccc1)c1ccc([Si](c2ccccc2)(c2ccccc2)c2ccccc2)cc1.c1ccc(-c2nnc(-c3ccccc3)n2-c2cccc3ccccc23)cc1.c1ccc(-n2c(-c3cc(-c4nc5ccccc5n4-c4ccccc4)cc(-c4nc5ccccc5n4-c4ccccc4)c3)nc3ccccc32)cc1.